The van der Waals surface area contributed by atoms with E-state index in [9.17, 15) is 0 Å². The molecule has 2 N–H and O–H groups in total. The number of piperidine rings is 1. The van der Waals surface area contributed by atoms with Gasteiger partial charge in [-0.05, 0) is 72.5 Å². The topological polar surface area (TPSA) is 29.3 Å². The zero-order valence-electron chi connectivity index (χ0n) is 21.9. The van der Waals surface area contributed by atoms with E-state index in [1.807, 2.05) is 0 Å². The van der Waals surface area contributed by atoms with Crippen LogP contribution >= 0.6 is 24.0 Å². The van der Waals surface area contributed by atoms with Gasteiger partial charge in [-0.1, -0.05) is 88.4 Å². The molecule has 2 aromatic carbocycles. The monoisotopic (exact) mass is 506 g/mol. The van der Waals surface area contributed by atoms with Crippen molar-refractivity contribution in [3.8, 4) is 0 Å². The summed E-state index contributed by atoms with van der Waals surface area (Å²) < 4.78 is 0. The summed E-state index contributed by atoms with van der Waals surface area (Å²) in [5, 5.41) is 0.628. The van der Waals surface area contributed by atoms with E-state index in [1.165, 1.54) is 34.7 Å². The second kappa shape index (κ2) is 9.50. The van der Waals surface area contributed by atoms with Crippen LogP contribution in [0.25, 0.3) is 0 Å². The number of thioether (sulfide) groups is 1. The minimum Gasteiger partial charge on any atom is -0.365 e. The van der Waals surface area contributed by atoms with E-state index < -0.39 is 0 Å². The lowest BCUT2D eigenvalue weighted by Gasteiger charge is -2.59. The number of rotatable bonds is 4. The van der Waals surface area contributed by atoms with E-state index in [-0.39, 0.29) is 22.3 Å². The predicted molar refractivity (Wildman–Crippen MR) is 154 cm³/mol. The van der Waals surface area contributed by atoms with E-state index in [0.29, 0.717) is 17.1 Å². The molecule has 6 unspecified atom stereocenters. The highest BCUT2D eigenvalue weighted by Gasteiger charge is 2.56. The second-order valence-electron chi connectivity index (χ2n) is 12.7. The number of likely N-dealkylation sites (tertiary alicyclic amines) is 1. The molecule has 35 heavy (non-hydrogen) atoms. The Balaban J connectivity index is 1.48. The lowest BCUT2D eigenvalue weighted by atomic mass is 9.50. The quantitative estimate of drug-likeness (QED) is 0.440. The Morgan fingerprint density at radius 1 is 0.971 bits per heavy atom. The molecule has 2 nitrogen and oxygen atoms in total. The van der Waals surface area contributed by atoms with Crippen molar-refractivity contribution in [2.24, 2.45) is 28.4 Å². The van der Waals surface area contributed by atoms with Crippen LogP contribution in [0.2, 0.25) is 0 Å². The van der Waals surface area contributed by atoms with Gasteiger partial charge in [0.05, 0.1) is 4.99 Å². The van der Waals surface area contributed by atoms with E-state index in [4.69, 9.17) is 18.0 Å². The molecule has 0 amide bonds. The number of hydrogen-bond donors (Lipinski definition) is 1. The highest BCUT2D eigenvalue weighted by Crippen LogP contribution is 2.61. The Kier molecular flexibility index (Phi) is 6.87. The average molecular weight is 507 g/mol. The third-order valence-corrected chi connectivity index (χ3v) is 11.8. The maximum Gasteiger partial charge on any atom is 0.0839 e. The molecule has 0 aromatic heterocycles. The van der Waals surface area contributed by atoms with Crippen molar-refractivity contribution in [1.82, 2.24) is 4.90 Å². The summed E-state index contributed by atoms with van der Waals surface area (Å²) in [6, 6.07) is 22.7. The summed E-state index contributed by atoms with van der Waals surface area (Å²) in [5.74, 6) is 1.32. The zero-order chi connectivity index (χ0) is 24.8. The molecule has 2 saturated carbocycles. The molecular weight excluding hydrogens is 464 g/mol. The van der Waals surface area contributed by atoms with Gasteiger partial charge < -0.3 is 10.6 Å². The molecule has 188 valence electrons. The van der Waals surface area contributed by atoms with Gasteiger partial charge >= 0.3 is 0 Å². The van der Waals surface area contributed by atoms with Gasteiger partial charge in [-0.25, -0.2) is 0 Å². The maximum absolute atomic E-state index is 6.49. The van der Waals surface area contributed by atoms with Crippen LogP contribution in [-0.4, -0.2) is 34.3 Å². The largest absolute Gasteiger partial charge is 0.365 e. The summed E-state index contributed by atoms with van der Waals surface area (Å²) in [5.41, 5.74) is 8.35. The highest BCUT2D eigenvalue weighted by molar-refractivity contribution is 8.00. The molecule has 1 heterocycles. The van der Waals surface area contributed by atoms with Crippen molar-refractivity contribution >= 4 is 29.0 Å². The number of benzene rings is 2. The molecular formula is C31H42N2S2. The van der Waals surface area contributed by atoms with Crippen molar-refractivity contribution < 1.29 is 0 Å². The van der Waals surface area contributed by atoms with Crippen molar-refractivity contribution in [3.05, 3.63) is 66.2 Å². The molecule has 2 aromatic rings. The van der Waals surface area contributed by atoms with Gasteiger partial charge in [-0.3, -0.25) is 0 Å². The molecule has 0 spiro atoms. The Morgan fingerprint density at radius 3 is 2.29 bits per heavy atom. The lowest BCUT2D eigenvalue weighted by Crippen LogP contribution is -2.59. The van der Waals surface area contributed by atoms with Crippen molar-refractivity contribution in [2.45, 2.75) is 81.4 Å². The average Bonchev–Trinajstić information content (AvgIpc) is 2.84. The second-order valence-corrected chi connectivity index (χ2v) is 14.4. The molecule has 3 aliphatic rings. The van der Waals surface area contributed by atoms with Gasteiger partial charge in [-0.2, -0.15) is 0 Å². The Bertz CT molecular complexity index is 1030. The van der Waals surface area contributed by atoms with Crippen LogP contribution in [0.3, 0.4) is 0 Å². The number of hydrogen-bond acceptors (Lipinski definition) is 3. The number of fused-ring (bicyclic) bond motifs is 2. The third kappa shape index (κ3) is 4.83. The molecule has 4 heteroatoms. The van der Waals surface area contributed by atoms with Gasteiger partial charge in [0.2, 0.25) is 0 Å². The zero-order valence-corrected chi connectivity index (χ0v) is 23.5. The molecule has 3 fully saturated rings. The van der Waals surface area contributed by atoms with Gasteiger partial charge in [0.1, 0.15) is 0 Å². The number of nitrogens with zero attached hydrogens (tertiary/aromatic N) is 1. The highest BCUT2D eigenvalue weighted by atomic mass is 32.2. The summed E-state index contributed by atoms with van der Waals surface area (Å²) in [6.07, 6.45) is 5.90. The Hall–Kier alpha value is -1.36. The molecule has 6 atom stereocenters. The SMILES string of the molecule is CC1CC2(c3ccccc3)CC(CC(C)(C(=S)N3CCC(N)C(C)(C)C3)C2)C1Sc1ccccc1. The van der Waals surface area contributed by atoms with Crippen LogP contribution in [0.5, 0.6) is 0 Å². The first-order valence-electron chi connectivity index (χ1n) is 13.4. The molecule has 1 saturated heterocycles. The van der Waals surface area contributed by atoms with E-state index in [2.05, 4.69) is 105 Å². The van der Waals surface area contributed by atoms with Crippen molar-refractivity contribution in [3.63, 3.8) is 0 Å². The summed E-state index contributed by atoms with van der Waals surface area (Å²) in [6.45, 7) is 11.6. The van der Waals surface area contributed by atoms with Gasteiger partial charge in [0.25, 0.3) is 0 Å². The van der Waals surface area contributed by atoms with Gasteiger partial charge in [0, 0.05) is 34.7 Å². The minimum absolute atomic E-state index is 0.0290. The summed E-state index contributed by atoms with van der Waals surface area (Å²) >= 11 is 8.51. The Morgan fingerprint density at radius 2 is 1.63 bits per heavy atom. The smallest absolute Gasteiger partial charge is 0.0839 e. The first-order chi connectivity index (χ1) is 16.6. The van der Waals surface area contributed by atoms with E-state index in [1.54, 1.807) is 0 Å². The standard InChI is InChI=1S/C31H42N2S2/c1-22-17-31(24-11-7-5-8-12-24)19-23(27(22)35-25-13-9-6-10-14-25)18-30(4,20-31)28(34)33-16-15-26(32)29(2,3)21-33/h5-14,22-23,26-27H,15-21,32H2,1-4H3. The molecule has 2 bridgehead atoms. The fourth-order valence-corrected chi connectivity index (χ4v) is 9.37. The fourth-order valence-electron chi connectivity index (χ4n) is 7.72. The van der Waals surface area contributed by atoms with Crippen molar-refractivity contribution in [1.29, 1.82) is 0 Å². The van der Waals surface area contributed by atoms with Crippen LogP contribution in [0.4, 0.5) is 0 Å². The van der Waals surface area contributed by atoms with Crippen LogP contribution in [0.15, 0.2) is 65.6 Å². The third-order valence-electron chi connectivity index (χ3n) is 9.35. The first-order valence-corrected chi connectivity index (χ1v) is 14.7. The Labute approximate surface area is 222 Å². The van der Waals surface area contributed by atoms with E-state index in [0.717, 1.165) is 25.9 Å². The fraction of sp³-hybridized carbons (Fsp3) is 0.581. The number of thiocarbonyl (C=S) groups is 1. The maximum atomic E-state index is 6.49. The van der Waals surface area contributed by atoms with Crippen LogP contribution in [-0.2, 0) is 5.41 Å². The van der Waals surface area contributed by atoms with Gasteiger partial charge in [-0.15, -0.1) is 11.8 Å². The number of nitrogens with two attached hydrogens (primary N) is 1. The first kappa shape index (κ1) is 25.3. The normalized spacial score (nSPS) is 36.5. The summed E-state index contributed by atoms with van der Waals surface area (Å²) in [7, 11) is 0. The minimum atomic E-state index is 0.0290. The molecule has 0 radical (unpaired) electrons. The predicted octanol–water partition coefficient (Wildman–Crippen LogP) is 7.32. The van der Waals surface area contributed by atoms with Crippen molar-refractivity contribution in [2.75, 3.05) is 13.1 Å². The van der Waals surface area contributed by atoms with Crippen LogP contribution < -0.4 is 5.73 Å². The van der Waals surface area contributed by atoms with E-state index >= 15 is 0 Å². The molecule has 5 rings (SSSR count). The van der Waals surface area contributed by atoms with Gasteiger partial charge in [0.15, 0.2) is 0 Å². The summed E-state index contributed by atoms with van der Waals surface area (Å²) in [4.78, 5) is 5.12. The van der Waals surface area contributed by atoms with Crippen LogP contribution in [0.1, 0.15) is 65.4 Å². The lowest BCUT2D eigenvalue weighted by molar-refractivity contribution is 0.0502. The molecule has 1 aliphatic heterocycles. The van der Waals surface area contributed by atoms with Crippen LogP contribution in [0, 0.1) is 22.7 Å². The molecule has 2 aliphatic carbocycles.